The lowest BCUT2D eigenvalue weighted by molar-refractivity contribution is 0.695. The minimum Gasteiger partial charge on any atom is -0.354 e. The lowest BCUT2D eigenvalue weighted by Gasteiger charge is -2.12. The zero-order chi connectivity index (χ0) is 15.5. The molecule has 118 valence electrons. The van der Waals surface area contributed by atoms with E-state index in [0.29, 0.717) is 19.1 Å². The summed E-state index contributed by atoms with van der Waals surface area (Å²) in [6.45, 7) is 3.13. The van der Waals surface area contributed by atoms with Gasteiger partial charge in [0.25, 0.3) is 0 Å². The van der Waals surface area contributed by atoms with Crippen LogP contribution in [0.1, 0.15) is 30.2 Å². The average Bonchev–Trinajstić information content (AvgIpc) is 3.15. The van der Waals surface area contributed by atoms with E-state index in [1.165, 1.54) is 12.8 Å². The van der Waals surface area contributed by atoms with E-state index in [-0.39, 0.29) is 0 Å². The first kappa shape index (κ1) is 14.6. The number of aryl methyl sites for hydroxylation is 2. The van der Waals surface area contributed by atoms with Crippen molar-refractivity contribution < 1.29 is 0 Å². The van der Waals surface area contributed by atoms with Crippen LogP contribution in [0.25, 0.3) is 0 Å². The molecule has 0 atom stereocenters. The predicted molar refractivity (Wildman–Crippen MR) is 83.1 cm³/mol. The number of hydrogen-bond donors (Lipinski definition) is 2. The quantitative estimate of drug-likeness (QED) is 0.611. The van der Waals surface area contributed by atoms with Crippen LogP contribution in [0.2, 0.25) is 0 Å². The standard InChI is InChI=1S/C14H22N8/c1-10-19-20-13(21(10)2)9-16-14(18-11-4-5-11)15-8-12-6-7-17-22(12)3/h6-7,11H,4-5,8-9H2,1-3H3,(H2,15,16,18). The topological polar surface area (TPSA) is 85.0 Å². The number of hydrogen-bond acceptors (Lipinski definition) is 4. The number of nitrogens with one attached hydrogen (secondary N) is 2. The van der Waals surface area contributed by atoms with Crippen molar-refractivity contribution in [3.05, 3.63) is 29.6 Å². The highest BCUT2D eigenvalue weighted by Crippen LogP contribution is 2.18. The predicted octanol–water partition coefficient (Wildman–Crippen LogP) is 0.255. The second kappa shape index (κ2) is 6.17. The van der Waals surface area contributed by atoms with Gasteiger partial charge in [-0.05, 0) is 25.8 Å². The summed E-state index contributed by atoms with van der Waals surface area (Å²) in [5.41, 5.74) is 1.08. The summed E-state index contributed by atoms with van der Waals surface area (Å²) in [4.78, 5) is 4.63. The van der Waals surface area contributed by atoms with Gasteiger partial charge in [-0.3, -0.25) is 4.68 Å². The van der Waals surface area contributed by atoms with Gasteiger partial charge in [0.05, 0.1) is 18.8 Å². The van der Waals surface area contributed by atoms with Crippen molar-refractivity contribution in [2.75, 3.05) is 0 Å². The van der Waals surface area contributed by atoms with Gasteiger partial charge in [-0.25, -0.2) is 4.99 Å². The van der Waals surface area contributed by atoms with Crippen LogP contribution >= 0.6 is 0 Å². The Kier molecular flexibility index (Phi) is 4.08. The Bertz CT molecular complexity index is 664. The average molecular weight is 302 g/mol. The van der Waals surface area contributed by atoms with Crippen LogP contribution in [0.5, 0.6) is 0 Å². The summed E-state index contributed by atoms with van der Waals surface area (Å²) >= 11 is 0. The van der Waals surface area contributed by atoms with Gasteiger partial charge in [0.1, 0.15) is 5.82 Å². The number of aromatic nitrogens is 5. The lowest BCUT2D eigenvalue weighted by Crippen LogP contribution is -2.38. The second-order valence-corrected chi connectivity index (χ2v) is 5.61. The summed E-state index contributed by atoms with van der Waals surface area (Å²) in [6.07, 6.45) is 4.19. The Labute approximate surface area is 129 Å². The molecule has 0 spiro atoms. The summed E-state index contributed by atoms with van der Waals surface area (Å²) in [7, 11) is 3.89. The molecular weight excluding hydrogens is 280 g/mol. The van der Waals surface area contributed by atoms with Gasteiger partial charge in [-0.15, -0.1) is 10.2 Å². The fraction of sp³-hybridized carbons (Fsp3) is 0.571. The largest absolute Gasteiger partial charge is 0.354 e. The molecule has 0 unspecified atom stereocenters. The molecule has 0 amide bonds. The van der Waals surface area contributed by atoms with Crippen LogP contribution in [0.3, 0.4) is 0 Å². The number of rotatable bonds is 5. The van der Waals surface area contributed by atoms with Crippen molar-refractivity contribution in [2.45, 2.75) is 38.9 Å². The highest BCUT2D eigenvalue weighted by Gasteiger charge is 2.22. The third-order valence-corrected chi connectivity index (χ3v) is 3.84. The summed E-state index contributed by atoms with van der Waals surface area (Å²) < 4.78 is 3.81. The van der Waals surface area contributed by atoms with Gasteiger partial charge < -0.3 is 15.2 Å². The van der Waals surface area contributed by atoms with E-state index in [2.05, 4.69) is 30.9 Å². The molecule has 2 heterocycles. The Hall–Kier alpha value is -2.38. The molecule has 8 heteroatoms. The second-order valence-electron chi connectivity index (χ2n) is 5.61. The van der Waals surface area contributed by atoms with Gasteiger partial charge in [-0.2, -0.15) is 5.10 Å². The molecule has 22 heavy (non-hydrogen) atoms. The fourth-order valence-corrected chi connectivity index (χ4v) is 2.06. The molecule has 2 aromatic rings. The van der Waals surface area contributed by atoms with Crippen LogP contribution < -0.4 is 10.6 Å². The number of nitrogens with zero attached hydrogens (tertiary/aromatic N) is 6. The highest BCUT2D eigenvalue weighted by molar-refractivity contribution is 5.80. The van der Waals surface area contributed by atoms with Crippen LogP contribution in [0.4, 0.5) is 0 Å². The van der Waals surface area contributed by atoms with E-state index < -0.39 is 0 Å². The van der Waals surface area contributed by atoms with Crippen molar-refractivity contribution in [2.24, 2.45) is 19.1 Å². The smallest absolute Gasteiger partial charge is 0.192 e. The summed E-state index contributed by atoms with van der Waals surface area (Å²) in [5.74, 6) is 2.60. The Balaban J connectivity index is 1.64. The first-order valence-electron chi connectivity index (χ1n) is 7.50. The van der Waals surface area contributed by atoms with Gasteiger partial charge in [0.2, 0.25) is 0 Å². The van der Waals surface area contributed by atoms with Crippen LogP contribution in [0, 0.1) is 6.92 Å². The zero-order valence-electron chi connectivity index (χ0n) is 13.2. The van der Waals surface area contributed by atoms with E-state index >= 15 is 0 Å². The lowest BCUT2D eigenvalue weighted by atomic mass is 10.4. The maximum absolute atomic E-state index is 4.63. The molecule has 1 saturated carbocycles. The molecule has 1 fully saturated rings. The molecule has 0 radical (unpaired) electrons. The normalized spacial score (nSPS) is 15.1. The number of aliphatic imine (C=N–C) groups is 1. The van der Waals surface area contributed by atoms with Gasteiger partial charge >= 0.3 is 0 Å². The van der Waals surface area contributed by atoms with E-state index in [9.17, 15) is 0 Å². The molecule has 0 bridgehead atoms. The van der Waals surface area contributed by atoms with E-state index in [1.54, 1.807) is 6.20 Å². The maximum Gasteiger partial charge on any atom is 0.192 e. The fourth-order valence-electron chi connectivity index (χ4n) is 2.06. The molecule has 0 saturated heterocycles. The molecular formula is C14H22N8. The molecule has 0 aromatic carbocycles. The van der Waals surface area contributed by atoms with Crippen molar-refractivity contribution in [1.29, 1.82) is 0 Å². The first-order chi connectivity index (χ1) is 10.6. The minimum absolute atomic E-state index is 0.541. The molecule has 3 rings (SSSR count). The molecule has 2 aromatic heterocycles. The third-order valence-electron chi connectivity index (χ3n) is 3.84. The Morgan fingerprint density at radius 1 is 1.36 bits per heavy atom. The molecule has 2 N–H and O–H groups in total. The summed E-state index contributed by atoms with van der Waals surface area (Å²) in [5, 5.41) is 19.1. The third kappa shape index (κ3) is 3.44. The van der Waals surface area contributed by atoms with E-state index in [0.717, 1.165) is 23.3 Å². The van der Waals surface area contributed by atoms with Crippen molar-refractivity contribution in [3.8, 4) is 0 Å². The van der Waals surface area contributed by atoms with Crippen LogP contribution in [0.15, 0.2) is 17.3 Å². The Morgan fingerprint density at radius 2 is 2.18 bits per heavy atom. The monoisotopic (exact) mass is 302 g/mol. The summed E-state index contributed by atoms with van der Waals surface area (Å²) in [6, 6.07) is 2.52. The van der Waals surface area contributed by atoms with E-state index in [4.69, 9.17) is 0 Å². The molecule has 8 nitrogen and oxygen atoms in total. The van der Waals surface area contributed by atoms with Gasteiger partial charge in [0.15, 0.2) is 11.8 Å². The zero-order valence-corrected chi connectivity index (χ0v) is 13.2. The van der Waals surface area contributed by atoms with Crippen molar-refractivity contribution in [1.82, 2.24) is 35.2 Å². The van der Waals surface area contributed by atoms with Crippen molar-refractivity contribution in [3.63, 3.8) is 0 Å². The van der Waals surface area contributed by atoms with Crippen LogP contribution in [-0.2, 0) is 27.2 Å². The van der Waals surface area contributed by atoms with Crippen LogP contribution in [-0.4, -0.2) is 36.5 Å². The molecule has 1 aliphatic rings. The van der Waals surface area contributed by atoms with Gasteiger partial charge in [0, 0.05) is 26.3 Å². The molecule has 0 aliphatic heterocycles. The molecule has 1 aliphatic carbocycles. The highest BCUT2D eigenvalue weighted by atomic mass is 15.3. The Morgan fingerprint density at radius 3 is 2.77 bits per heavy atom. The van der Waals surface area contributed by atoms with Gasteiger partial charge in [-0.1, -0.05) is 0 Å². The SMILES string of the molecule is Cc1nnc(CNC(=NCc2ccnn2C)NC2CC2)n1C. The minimum atomic E-state index is 0.541. The maximum atomic E-state index is 4.63. The van der Waals surface area contributed by atoms with Crippen molar-refractivity contribution >= 4 is 5.96 Å². The van der Waals surface area contributed by atoms with E-state index in [1.807, 2.05) is 36.3 Å². The first-order valence-corrected chi connectivity index (χ1v) is 7.50. The number of guanidine groups is 1.